The van der Waals surface area contributed by atoms with Crippen molar-refractivity contribution in [3.05, 3.63) is 48.5 Å². The van der Waals surface area contributed by atoms with Gasteiger partial charge in [0, 0.05) is 30.5 Å². The molecule has 8 nitrogen and oxygen atoms in total. The molecule has 0 radical (unpaired) electrons. The number of ether oxygens (including phenoxy) is 1. The Bertz CT molecular complexity index is 1100. The van der Waals surface area contributed by atoms with Gasteiger partial charge >= 0.3 is 0 Å². The first kappa shape index (κ1) is 15.9. The summed E-state index contributed by atoms with van der Waals surface area (Å²) in [6.45, 7) is 1.81. The fourth-order valence-electron chi connectivity index (χ4n) is 3.74. The van der Waals surface area contributed by atoms with Crippen LogP contribution in [-0.4, -0.2) is 50.0 Å². The predicted octanol–water partition coefficient (Wildman–Crippen LogP) is 2.46. The first-order chi connectivity index (χ1) is 13.3. The van der Waals surface area contributed by atoms with Crippen LogP contribution >= 0.6 is 0 Å². The minimum Gasteiger partial charge on any atom is -0.480 e. The summed E-state index contributed by atoms with van der Waals surface area (Å²) >= 11 is 0. The molecule has 1 aliphatic heterocycles. The third kappa shape index (κ3) is 2.73. The SMILES string of the molecule is COc1ccc2nnc(C3CCN(c4ncnc5ccccc45)CC3)n2n1. The zero-order valence-corrected chi connectivity index (χ0v) is 15.0. The minimum atomic E-state index is 0.309. The van der Waals surface area contributed by atoms with Crippen LogP contribution in [0.15, 0.2) is 42.7 Å². The van der Waals surface area contributed by atoms with Gasteiger partial charge in [0.05, 0.1) is 12.6 Å². The molecule has 0 bridgehead atoms. The van der Waals surface area contributed by atoms with Crippen LogP contribution in [-0.2, 0) is 0 Å². The zero-order valence-electron chi connectivity index (χ0n) is 15.0. The van der Waals surface area contributed by atoms with Crippen LogP contribution < -0.4 is 9.64 Å². The molecule has 136 valence electrons. The summed E-state index contributed by atoms with van der Waals surface area (Å²) in [6.07, 6.45) is 3.59. The molecule has 4 aromatic rings. The maximum Gasteiger partial charge on any atom is 0.231 e. The number of piperidine rings is 1. The monoisotopic (exact) mass is 361 g/mol. The summed E-state index contributed by atoms with van der Waals surface area (Å²) in [6, 6.07) is 11.8. The van der Waals surface area contributed by atoms with Crippen LogP contribution in [0.25, 0.3) is 16.6 Å². The van der Waals surface area contributed by atoms with Gasteiger partial charge in [0.2, 0.25) is 5.88 Å². The molecule has 3 aromatic heterocycles. The lowest BCUT2D eigenvalue weighted by atomic mass is 9.96. The topological polar surface area (TPSA) is 81.3 Å². The molecular weight excluding hydrogens is 342 g/mol. The molecule has 0 N–H and O–H groups in total. The Labute approximate surface area is 155 Å². The Morgan fingerprint density at radius 3 is 2.70 bits per heavy atom. The van der Waals surface area contributed by atoms with E-state index < -0.39 is 0 Å². The van der Waals surface area contributed by atoms with Crippen LogP contribution in [0.2, 0.25) is 0 Å². The summed E-state index contributed by atoms with van der Waals surface area (Å²) in [5, 5.41) is 14.2. The van der Waals surface area contributed by atoms with Gasteiger partial charge in [-0.25, -0.2) is 9.97 Å². The van der Waals surface area contributed by atoms with Crippen molar-refractivity contribution in [2.24, 2.45) is 0 Å². The van der Waals surface area contributed by atoms with Gasteiger partial charge in [-0.2, -0.15) is 4.52 Å². The van der Waals surface area contributed by atoms with Crippen LogP contribution in [0.5, 0.6) is 5.88 Å². The summed E-state index contributed by atoms with van der Waals surface area (Å²) < 4.78 is 7.04. The average molecular weight is 361 g/mol. The van der Waals surface area contributed by atoms with Gasteiger partial charge in [-0.05, 0) is 31.0 Å². The van der Waals surface area contributed by atoms with E-state index in [1.807, 2.05) is 24.3 Å². The lowest BCUT2D eigenvalue weighted by Crippen LogP contribution is -2.34. The first-order valence-electron chi connectivity index (χ1n) is 9.04. The van der Waals surface area contributed by atoms with E-state index >= 15 is 0 Å². The molecule has 5 rings (SSSR count). The van der Waals surface area contributed by atoms with Gasteiger partial charge < -0.3 is 9.64 Å². The van der Waals surface area contributed by atoms with Gasteiger partial charge in [-0.15, -0.1) is 15.3 Å². The first-order valence-corrected chi connectivity index (χ1v) is 9.04. The van der Waals surface area contributed by atoms with Crippen molar-refractivity contribution in [2.75, 3.05) is 25.1 Å². The molecule has 0 saturated carbocycles. The van der Waals surface area contributed by atoms with E-state index in [2.05, 4.69) is 36.2 Å². The van der Waals surface area contributed by atoms with Crippen molar-refractivity contribution in [1.82, 2.24) is 29.8 Å². The van der Waals surface area contributed by atoms with Crippen LogP contribution in [0.1, 0.15) is 24.6 Å². The number of hydrogen-bond donors (Lipinski definition) is 0. The number of aromatic nitrogens is 6. The fraction of sp³-hybridized carbons (Fsp3) is 0.316. The van der Waals surface area contributed by atoms with Gasteiger partial charge in [-0.1, -0.05) is 12.1 Å². The minimum absolute atomic E-state index is 0.309. The number of anilines is 1. The lowest BCUT2D eigenvalue weighted by molar-refractivity contribution is 0.387. The number of rotatable bonds is 3. The third-order valence-corrected chi connectivity index (χ3v) is 5.15. The van der Waals surface area contributed by atoms with Crippen LogP contribution in [0.3, 0.4) is 0 Å². The van der Waals surface area contributed by atoms with Gasteiger partial charge in [-0.3, -0.25) is 0 Å². The summed E-state index contributed by atoms with van der Waals surface area (Å²) in [7, 11) is 1.61. The maximum absolute atomic E-state index is 5.24. The lowest BCUT2D eigenvalue weighted by Gasteiger charge is -2.32. The average Bonchev–Trinajstić information content (AvgIpc) is 3.16. The number of benzene rings is 1. The molecule has 0 unspecified atom stereocenters. The second-order valence-electron chi connectivity index (χ2n) is 6.68. The van der Waals surface area contributed by atoms with E-state index in [1.54, 1.807) is 24.0 Å². The quantitative estimate of drug-likeness (QED) is 0.554. The molecule has 1 fully saturated rings. The van der Waals surface area contributed by atoms with Crippen molar-refractivity contribution < 1.29 is 4.74 Å². The molecule has 1 saturated heterocycles. The van der Waals surface area contributed by atoms with E-state index in [-0.39, 0.29) is 0 Å². The normalized spacial score (nSPS) is 15.5. The second kappa shape index (κ2) is 6.46. The largest absolute Gasteiger partial charge is 0.480 e. The molecule has 0 spiro atoms. The highest BCUT2D eigenvalue weighted by atomic mass is 16.5. The smallest absolute Gasteiger partial charge is 0.231 e. The predicted molar refractivity (Wildman–Crippen MR) is 101 cm³/mol. The van der Waals surface area contributed by atoms with Crippen LogP contribution in [0, 0.1) is 0 Å². The molecular formula is C19H19N7O. The zero-order chi connectivity index (χ0) is 18.2. The van der Waals surface area contributed by atoms with Crippen LogP contribution in [0.4, 0.5) is 5.82 Å². The summed E-state index contributed by atoms with van der Waals surface area (Å²) in [5.41, 5.74) is 1.72. The number of methoxy groups -OCH3 is 1. The fourth-order valence-corrected chi connectivity index (χ4v) is 3.74. The highest BCUT2D eigenvalue weighted by Gasteiger charge is 2.26. The van der Waals surface area contributed by atoms with Crippen molar-refractivity contribution in [3.8, 4) is 5.88 Å². The molecule has 4 heterocycles. The van der Waals surface area contributed by atoms with E-state index in [1.165, 1.54) is 0 Å². The Balaban J connectivity index is 1.40. The second-order valence-corrected chi connectivity index (χ2v) is 6.68. The number of hydrogen-bond acceptors (Lipinski definition) is 7. The number of fused-ring (bicyclic) bond motifs is 2. The molecule has 1 aromatic carbocycles. The van der Waals surface area contributed by atoms with Crippen molar-refractivity contribution >= 4 is 22.4 Å². The number of para-hydroxylation sites is 1. The van der Waals surface area contributed by atoms with E-state index in [4.69, 9.17) is 4.74 Å². The Morgan fingerprint density at radius 2 is 1.85 bits per heavy atom. The maximum atomic E-state index is 5.24. The Hall–Kier alpha value is -3.29. The Kier molecular flexibility index (Phi) is 3.81. The molecule has 0 atom stereocenters. The van der Waals surface area contributed by atoms with E-state index in [0.717, 1.165) is 54.1 Å². The molecule has 8 heteroatoms. The number of nitrogens with zero attached hydrogens (tertiary/aromatic N) is 7. The summed E-state index contributed by atoms with van der Waals surface area (Å²) in [4.78, 5) is 11.2. The highest BCUT2D eigenvalue weighted by molar-refractivity contribution is 5.89. The van der Waals surface area contributed by atoms with Crippen molar-refractivity contribution in [2.45, 2.75) is 18.8 Å². The molecule has 0 aliphatic carbocycles. The Morgan fingerprint density at radius 1 is 1.00 bits per heavy atom. The summed E-state index contributed by atoms with van der Waals surface area (Å²) in [5.74, 6) is 2.78. The van der Waals surface area contributed by atoms with Gasteiger partial charge in [0.15, 0.2) is 11.5 Å². The standard InChI is InChI=1S/C19H19N7O/c1-27-17-7-6-16-22-23-18(26(16)24-17)13-8-10-25(11-9-13)19-14-4-2-3-5-15(14)20-12-21-19/h2-7,12-13H,8-11H2,1H3. The van der Waals surface area contributed by atoms with Crippen molar-refractivity contribution in [1.29, 1.82) is 0 Å². The third-order valence-electron chi connectivity index (χ3n) is 5.15. The molecule has 27 heavy (non-hydrogen) atoms. The van der Waals surface area contributed by atoms with Crippen molar-refractivity contribution in [3.63, 3.8) is 0 Å². The van der Waals surface area contributed by atoms with Gasteiger partial charge in [0.25, 0.3) is 0 Å². The molecule has 1 aliphatic rings. The van der Waals surface area contributed by atoms with E-state index in [0.29, 0.717) is 11.8 Å². The van der Waals surface area contributed by atoms with Gasteiger partial charge in [0.1, 0.15) is 12.1 Å². The van der Waals surface area contributed by atoms with E-state index in [9.17, 15) is 0 Å². The highest BCUT2D eigenvalue weighted by Crippen LogP contribution is 2.31. The molecule has 0 amide bonds.